The van der Waals surface area contributed by atoms with Crippen molar-refractivity contribution in [3.8, 4) is 0 Å². The average Bonchev–Trinajstić information content (AvgIpc) is 3.06. The van der Waals surface area contributed by atoms with Crippen molar-refractivity contribution in [2.45, 2.75) is 33.2 Å². The van der Waals surface area contributed by atoms with Crippen molar-refractivity contribution >= 4 is 23.2 Å². The van der Waals surface area contributed by atoms with E-state index in [0.29, 0.717) is 52.4 Å². The molecule has 0 aromatic carbocycles. The molecule has 7 nitrogen and oxygen atoms in total. The fourth-order valence-electron chi connectivity index (χ4n) is 3.49. The minimum absolute atomic E-state index is 0.0165. The van der Waals surface area contributed by atoms with Crippen LogP contribution in [0.5, 0.6) is 0 Å². The first-order chi connectivity index (χ1) is 12.6. The van der Waals surface area contributed by atoms with Gasteiger partial charge in [-0.2, -0.15) is 0 Å². The quantitative estimate of drug-likeness (QED) is 0.786. The Hall–Kier alpha value is -1.51. The lowest BCUT2D eigenvalue weighted by molar-refractivity contribution is -0.141. The van der Waals surface area contributed by atoms with E-state index in [2.05, 4.69) is 22.5 Å². The Labute approximate surface area is 158 Å². The number of piperidine rings is 1. The maximum Gasteiger partial charge on any atom is 0.227 e. The van der Waals surface area contributed by atoms with Gasteiger partial charge in [0.05, 0.1) is 42.3 Å². The second-order valence-electron chi connectivity index (χ2n) is 6.91. The third-order valence-electron chi connectivity index (χ3n) is 5.06. The standard InChI is InChI=1S/C18H28N4O3S/c1-3-16-21-12(2)15(26-16)11-20-17(23)13-8-14(10-19-9-13)18(24)22-4-6-25-7-5-22/h13-14,19H,3-11H2,1-2H3,(H,20,23)/t13-,14+/m0/s1. The number of ether oxygens (including phenoxy) is 1. The van der Waals surface area contributed by atoms with E-state index in [0.717, 1.165) is 22.0 Å². The number of carbonyl (C=O) groups is 2. The Morgan fingerprint density at radius 1 is 1.31 bits per heavy atom. The van der Waals surface area contributed by atoms with Crippen molar-refractivity contribution in [2.24, 2.45) is 11.8 Å². The van der Waals surface area contributed by atoms with Gasteiger partial charge in [0.25, 0.3) is 0 Å². The average molecular weight is 381 g/mol. The van der Waals surface area contributed by atoms with E-state index in [1.807, 2.05) is 11.8 Å². The van der Waals surface area contributed by atoms with E-state index in [4.69, 9.17) is 4.74 Å². The van der Waals surface area contributed by atoms with Crippen molar-refractivity contribution in [3.63, 3.8) is 0 Å². The number of morpholine rings is 1. The fraction of sp³-hybridized carbons (Fsp3) is 0.722. The van der Waals surface area contributed by atoms with Crippen molar-refractivity contribution in [1.82, 2.24) is 20.5 Å². The molecule has 2 N–H and O–H groups in total. The molecule has 144 valence electrons. The Kier molecular flexibility index (Phi) is 6.61. The van der Waals surface area contributed by atoms with Crippen LogP contribution in [0.2, 0.25) is 0 Å². The maximum atomic E-state index is 12.7. The van der Waals surface area contributed by atoms with Gasteiger partial charge in [0.2, 0.25) is 11.8 Å². The summed E-state index contributed by atoms with van der Waals surface area (Å²) in [6.07, 6.45) is 1.52. The number of hydrogen-bond acceptors (Lipinski definition) is 6. The lowest BCUT2D eigenvalue weighted by atomic mass is 9.88. The molecule has 1 aromatic rings. The zero-order valence-corrected chi connectivity index (χ0v) is 16.4. The maximum absolute atomic E-state index is 12.7. The van der Waals surface area contributed by atoms with Gasteiger partial charge in [-0.3, -0.25) is 9.59 Å². The second kappa shape index (κ2) is 8.92. The number of rotatable bonds is 5. The molecule has 0 aliphatic carbocycles. The molecule has 26 heavy (non-hydrogen) atoms. The summed E-state index contributed by atoms with van der Waals surface area (Å²) in [6, 6.07) is 0. The SMILES string of the molecule is CCc1nc(C)c(CNC(=O)[C@@H]2CNC[C@H](C(=O)N3CCOCC3)C2)s1. The van der Waals surface area contributed by atoms with Crippen molar-refractivity contribution in [3.05, 3.63) is 15.6 Å². The zero-order valence-electron chi connectivity index (χ0n) is 15.5. The molecule has 2 fully saturated rings. The van der Waals surface area contributed by atoms with Crippen LogP contribution < -0.4 is 10.6 Å². The van der Waals surface area contributed by atoms with Crippen LogP contribution in [-0.4, -0.2) is 61.1 Å². The number of carbonyl (C=O) groups excluding carboxylic acids is 2. The number of amides is 2. The molecule has 8 heteroatoms. The number of hydrogen-bond donors (Lipinski definition) is 2. The van der Waals surface area contributed by atoms with Crippen molar-refractivity contribution in [1.29, 1.82) is 0 Å². The number of nitrogens with one attached hydrogen (secondary N) is 2. The summed E-state index contributed by atoms with van der Waals surface area (Å²) in [4.78, 5) is 32.7. The van der Waals surface area contributed by atoms with Gasteiger partial charge in [-0.25, -0.2) is 4.98 Å². The minimum Gasteiger partial charge on any atom is -0.378 e. The molecule has 2 amide bonds. The molecule has 3 rings (SSSR count). The van der Waals surface area contributed by atoms with Crippen LogP contribution in [0.1, 0.15) is 28.9 Å². The van der Waals surface area contributed by atoms with Gasteiger partial charge >= 0.3 is 0 Å². The predicted molar refractivity (Wildman–Crippen MR) is 99.9 cm³/mol. The van der Waals surface area contributed by atoms with Gasteiger partial charge in [-0.05, 0) is 19.8 Å². The summed E-state index contributed by atoms with van der Waals surface area (Å²) in [7, 11) is 0. The summed E-state index contributed by atoms with van der Waals surface area (Å²) in [5.41, 5.74) is 0.995. The van der Waals surface area contributed by atoms with Crippen molar-refractivity contribution < 1.29 is 14.3 Å². The Balaban J connectivity index is 1.52. The highest BCUT2D eigenvalue weighted by Crippen LogP contribution is 2.21. The van der Waals surface area contributed by atoms with E-state index in [9.17, 15) is 9.59 Å². The first-order valence-electron chi connectivity index (χ1n) is 9.38. The van der Waals surface area contributed by atoms with E-state index in [1.165, 1.54) is 0 Å². The van der Waals surface area contributed by atoms with Gasteiger partial charge in [0.15, 0.2) is 0 Å². The van der Waals surface area contributed by atoms with E-state index in [-0.39, 0.29) is 23.7 Å². The number of aromatic nitrogens is 1. The number of nitrogens with zero attached hydrogens (tertiary/aromatic N) is 2. The van der Waals surface area contributed by atoms with Gasteiger partial charge in [0, 0.05) is 31.1 Å². The molecule has 0 radical (unpaired) electrons. The zero-order chi connectivity index (χ0) is 18.5. The van der Waals surface area contributed by atoms with Crippen molar-refractivity contribution in [2.75, 3.05) is 39.4 Å². The van der Waals surface area contributed by atoms with Crippen LogP contribution in [0.25, 0.3) is 0 Å². The van der Waals surface area contributed by atoms with Crippen LogP contribution >= 0.6 is 11.3 Å². The molecule has 2 aliphatic heterocycles. The first kappa shape index (κ1) is 19.3. The third-order valence-corrected chi connectivity index (χ3v) is 6.36. The normalized spacial score (nSPS) is 23.7. The number of aryl methyl sites for hydroxylation is 2. The third kappa shape index (κ3) is 4.61. The molecule has 0 spiro atoms. The fourth-order valence-corrected chi connectivity index (χ4v) is 4.44. The van der Waals surface area contributed by atoms with Crippen LogP contribution in [0, 0.1) is 18.8 Å². The Morgan fingerprint density at radius 3 is 2.73 bits per heavy atom. The monoisotopic (exact) mass is 380 g/mol. The summed E-state index contributed by atoms with van der Waals surface area (Å²) in [6.45, 7) is 8.35. The molecular formula is C18H28N4O3S. The summed E-state index contributed by atoms with van der Waals surface area (Å²) in [5.74, 6) is -0.140. The van der Waals surface area contributed by atoms with Gasteiger partial charge < -0.3 is 20.3 Å². The first-order valence-corrected chi connectivity index (χ1v) is 10.2. The molecule has 2 aliphatic rings. The summed E-state index contributed by atoms with van der Waals surface area (Å²) >= 11 is 1.66. The number of thiazole rings is 1. The summed E-state index contributed by atoms with van der Waals surface area (Å²) in [5, 5.41) is 7.39. The van der Waals surface area contributed by atoms with Crippen LogP contribution in [0.15, 0.2) is 0 Å². The Bertz CT molecular complexity index is 642. The Morgan fingerprint density at radius 2 is 2.04 bits per heavy atom. The second-order valence-corrected chi connectivity index (χ2v) is 8.08. The smallest absolute Gasteiger partial charge is 0.227 e. The van der Waals surface area contributed by atoms with Crippen LogP contribution in [0.4, 0.5) is 0 Å². The topological polar surface area (TPSA) is 83.6 Å². The molecule has 2 saturated heterocycles. The molecule has 3 heterocycles. The van der Waals surface area contributed by atoms with Gasteiger partial charge in [-0.1, -0.05) is 6.92 Å². The molecule has 2 atom stereocenters. The molecule has 0 saturated carbocycles. The predicted octanol–water partition coefficient (Wildman–Crippen LogP) is 0.715. The lowest BCUT2D eigenvalue weighted by Crippen LogP contribution is -2.51. The highest BCUT2D eigenvalue weighted by molar-refractivity contribution is 7.11. The molecule has 1 aromatic heterocycles. The highest BCUT2D eigenvalue weighted by Gasteiger charge is 2.33. The molecule has 0 unspecified atom stereocenters. The van der Waals surface area contributed by atoms with Crippen LogP contribution in [0.3, 0.4) is 0 Å². The van der Waals surface area contributed by atoms with E-state index >= 15 is 0 Å². The largest absolute Gasteiger partial charge is 0.378 e. The van der Waals surface area contributed by atoms with Crippen LogP contribution in [-0.2, 0) is 27.3 Å². The minimum atomic E-state index is -0.169. The molecule has 0 bridgehead atoms. The van der Waals surface area contributed by atoms with Gasteiger partial charge in [0.1, 0.15) is 0 Å². The lowest BCUT2D eigenvalue weighted by Gasteiger charge is -2.34. The summed E-state index contributed by atoms with van der Waals surface area (Å²) < 4.78 is 5.31. The van der Waals surface area contributed by atoms with E-state index in [1.54, 1.807) is 11.3 Å². The molecular weight excluding hydrogens is 352 g/mol. The van der Waals surface area contributed by atoms with E-state index < -0.39 is 0 Å². The van der Waals surface area contributed by atoms with Gasteiger partial charge in [-0.15, -0.1) is 11.3 Å². The highest BCUT2D eigenvalue weighted by atomic mass is 32.1.